The number of ether oxygens (including phenoxy) is 1. The second-order valence-corrected chi connectivity index (χ2v) is 11.9. The normalized spacial score (nSPS) is 16.4. The summed E-state index contributed by atoms with van der Waals surface area (Å²) < 4.78 is 35.6. The van der Waals surface area contributed by atoms with Crippen LogP contribution in [0.25, 0.3) is 11.3 Å². The number of carbonyl (C=O) groups excluding carboxylic acids is 1. The van der Waals surface area contributed by atoms with Crippen LogP contribution in [0.1, 0.15) is 52.7 Å². The Kier molecular flexibility index (Phi) is 6.94. The van der Waals surface area contributed by atoms with Crippen LogP contribution in [0.15, 0.2) is 36.5 Å². The number of aliphatic hydroxyl groups is 1. The van der Waals surface area contributed by atoms with Crippen LogP contribution >= 0.6 is 0 Å². The molecule has 212 valence electrons. The minimum absolute atomic E-state index is 0.0329. The molecule has 0 atom stereocenters. The molecule has 3 aromatic rings. The molecule has 40 heavy (non-hydrogen) atoms. The summed E-state index contributed by atoms with van der Waals surface area (Å²) in [7, 11) is 0. The van der Waals surface area contributed by atoms with Gasteiger partial charge in [-0.2, -0.15) is 0 Å². The lowest BCUT2D eigenvalue weighted by Gasteiger charge is -2.41. The van der Waals surface area contributed by atoms with Gasteiger partial charge in [-0.15, -0.1) is 0 Å². The summed E-state index contributed by atoms with van der Waals surface area (Å²) in [5, 5.41) is 13.4. The lowest BCUT2D eigenvalue weighted by Crippen LogP contribution is -2.51. The molecule has 5 rings (SSSR count). The Morgan fingerprint density at radius 1 is 1.18 bits per heavy atom. The second kappa shape index (κ2) is 9.99. The number of rotatable bonds is 5. The van der Waals surface area contributed by atoms with Crippen LogP contribution in [-0.2, 0) is 16.8 Å². The fourth-order valence-electron chi connectivity index (χ4n) is 5.55. The molecule has 1 amide bonds. The number of hydrogen-bond acceptors (Lipinski definition) is 7. The Balaban J connectivity index is 1.46. The number of hydrogen-bond donors (Lipinski definition) is 2. The van der Waals surface area contributed by atoms with Crippen LogP contribution in [0.5, 0.6) is 5.75 Å². The largest absolute Gasteiger partial charge is 0.486 e. The monoisotopic (exact) mass is 551 g/mol. The molecule has 2 aliphatic heterocycles. The summed E-state index contributed by atoms with van der Waals surface area (Å²) in [5.74, 6) is -1.29. The van der Waals surface area contributed by atoms with Gasteiger partial charge in [0, 0.05) is 35.8 Å². The van der Waals surface area contributed by atoms with E-state index in [1.807, 2.05) is 36.9 Å². The highest BCUT2D eigenvalue weighted by Crippen LogP contribution is 2.40. The van der Waals surface area contributed by atoms with E-state index in [1.54, 1.807) is 11.0 Å². The highest BCUT2D eigenvalue weighted by Gasteiger charge is 2.38. The first-order valence-electron chi connectivity index (χ1n) is 13.4. The summed E-state index contributed by atoms with van der Waals surface area (Å²) in [5.41, 5.74) is 1.68. The molecule has 0 saturated heterocycles. The van der Waals surface area contributed by atoms with Gasteiger partial charge in [-0.25, -0.2) is 18.7 Å². The first kappa shape index (κ1) is 27.8. The average molecular weight is 552 g/mol. The number of amides is 1. The summed E-state index contributed by atoms with van der Waals surface area (Å²) in [6.07, 6.45) is 1.06. The summed E-state index contributed by atoms with van der Waals surface area (Å²) in [6, 6.07) is 8.82. The maximum Gasteiger partial charge on any atom is 0.254 e. The number of aromatic nitrogens is 2. The van der Waals surface area contributed by atoms with Crippen LogP contribution in [0.2, 0.25) is 0 Å². The van der Waals surface area contributed by atoms with E-state index in [1.165, 1.54) is 19.9 Å². The van der Waals surface area contributed by atoms with Crippen molar-refractivity contribution in [2.24, 2.45) is 0 Å². The van der Waals surface area contributed by atoms with Gasteiger partial charge < -0.3 is 25.0 Å². The molecule has 0 aliphatic carbocycles. The second-order valence-electron chi connectivity index (χ2n) is 11.9. The van der Waals surface area contributed by atoms with E-state index in [4.69, 9.17) is 4.74 Å². The molecule has 2 aliphatic rings. The van der Waals surface area contributed by atoms with Gasteiger partial charge in [0.2, 0.25) is 5.95 Å². The van der Waals surface area contributed by atoms with Gasteiger partial charge in [-0.1, -0.05) is 19.9 Å². The van der Waals surface area contributed by atoms with Gasteiger partial charge in [0.1, 0.15) is 17.9 Å². The molecule has 10 heteroatoms. The lowest BCUT2D eigenvalue weighted by molar-refractivity contribution is -0.149. The van der Waals surface area contributed by atoms with E-state index in [9.17, 15) is 14.3 Å². The molecule has 0 unspecified atom stereocenters. The van der Waals surface area contributed by atoms with E-state index >= 15 is 4.39 Å². The van der Waals surface area contributed by atoms with Gasteiger partial charge in [0.05, 0.1) is 18.4 Å². The topological polar surface area (TPSA) is 90.8 Å². The average Bonchev–Trinajstić information content (AvgIpc) is 2.87. The molecule has 1 aromatic heterocycles. The first-order chi connectivity index (χ1) is 18.7. The summed E-state index contributed by atoms with van der Waals surface area (Å²) in [4.78, 5) is 25.0. The third-order valence-corrected chi connectivity index (χ3v) is 7.40. The number of benzene rings is 2. The number of fused-ring (bicyclic) bond motifs is 2. The molecule has 0 saturated carbocycles. The Labute approximate surface area is 233 Å². The predicted octanol–water partition coefficient (Wildman–Crippen LogP) is 5.16. The third-order valence-electron chi connectivity index (χ3n) is 7.40. The van der Waals surface area contributed by atoms with E-state index in [0.29, 0.717) is 37.6 Å². The zero-order valence-corrected chi connectivity index (χ0v) is 23.7. The van der Waals surface area contributed by atoms with Crippen molar-refractivity contribution in [3.63, 3.8) is 0 Å². The van der Waals surface area contributed by atoms with Crippen LogP contribution < -0.4 is 15.0 Å². The molecular formula is C30H35F2N5O3. The maximum atomic E-state index is 15.0. The van der Waals surface area contributed by atoms with E-state index in [2.05, 4.69) is 29.1 Å². The number of nitrogens with one attached hydrogen (secondary N) is 1. The quantitative estimate of drug-likeness (QED) is 0.453. The van der Waals surface area contributed by atoms with Crippen LogP contribution in [0.3, 0.4) is 0 Å². The fourth-order valence-corrected chi connectivity index (χ4v) is 5.55. The van der Waals surface area contributed by atoms with Crippen LogP contribution in [0, 0.1) is 11.6 Å². The first-order valence-corrected chi connectivity index (χ1v) is 13.4. The molecule has 2 N–H and O–H groups in total. The fraction of sp³-hybridized carbons (Fsp3) is 0.433. The number of carbonyl (C=O) groups is 1. The van der Waals surface area contributed by atoms with Gasteiger partial charge in [0.15, 0.2) is 17.4 Å². The zero-order valence-electron chi connectivity index (χ0n) is 23.7. The Bertz CT molecular complexity index is 1470. The summed E-state index contributed by atoms with van der Waals surface area (Å²) in [6.45, 7) is 12.9. The smallest absolute Gasteiger partial charge is 0.254 e. The number of anilines is 3. The molecule has 3 heterocycles. The Morgan fingerprint density at radius 2 is 1.93 bits per heavy atom. The number of nitrogens with zero attached hydrogens (tertiary/aromatic N) is 4. The molecule has 0 bridgehead atoms. The standard InChI is InChI=1S/C30H35F2N5O3/c1-17(2)37-9-10-40-26-22(31)12-18(13-24(26)37)25-23(32)14-33-28(35-25)34-20-7-8-21-19(11-20)15-36(16-29(21,3)4)27(38)30(5,6)39/h7-8,11-14,17,39H,9-10,15-16H2,1-6H3,(H,33,34,35). The van der Waals surface area contributed by atoms with Crippen molar-refractivity contribution in [3.05, 3.63) is 59.3 Å². The highest BCUT2D eigenvalue weighted by molar-refractivity contribution is 5.84. The molecule has 8 nitrogen and oxygen atoms in total. The van der Waals surface area contributed by atoms with E-state index in [-0.39, 0.29) is 40.3 Å². The Morgan fingerprint density at radius 3 is 2.62 bits per heavy atom. The van der Waals surface area contributed by atoms with Gasteiger partial charge in [0.25, 0.3) is 5.91 Å². The van der Waals surface area contributed by atoms with Crippen LogP contribution in [-0.4, -0.2) is 57.2 Å². The predicted molar refractivity (Wildman–Crippen MR) is 150 cm³/mol. The highest BCUT2D eigenvalue weighted by atomic mass is 19.1. The summed E-state index contributed by atoms with van der Waals surface area (Å²) >= 11 is 0. The molecule has 0 spiro atoms. The van der Waals surface area contributed by atoms with Crippen molar-refractivity contribution in [3.8, 4) is 17.0 Å². The SMILES string of the molecule is CC(C)N1CCOc2c(F)cc(-c3nc(Nc4ccc5c(c4)CN(C(=O)C(C)(C)O)CC5(C)C)ncc3F)cc21. The van der Waals surface area contributed by atoms with Gasteiger partial charge in [-0.05, 0) is 63.1 Å². The van der Waals surface area contributed by atoms with Crippen molar-refractivity contribution in [2.45, 2.75) is 65.1 Å². The Hall–Kier alpha value is -3.79. The molecule has 0 fully saturated rings. The third kappa shape index (κ3) is 5.20. The van der Waals surface area contributed by atoms with E-state index < -0.39 is 17.2 Å². The van der Waals surface area contributed by atoms with Crippen molar-refractivity contribution in [1.29, 1.82) is 0 Å². The molecular weight excluding hydrogens is 516 g/mol. The van der Waals surface area contributed by atoms with Crippen LogP contribution in [0.4, 0.5) is 26.1 Å². The minimum atomic E-state index is -1.48. The van der Waals surface area contributed by atoms with Crippen molar-refractivity contribution in [2.75, 3.05) is 29.9 Å². The lowest BCUT2D eigenvalue weighted by atomic mass is 9.78. The molecule has 0 radical (unpaired) electrons. The minimum Gasteiger partial charge on any atom is -0.486 e. The van der Waals surface area contributed by atoms with Gasteiger partial charge in [-0.3, -0.25) is 4.79 Å². The maximum absolute atomic E-state index is 15.0. The van der Waals surface area contributed by atoms with Crippen molar-refractivity contribution >= 4 is 23.2 Å². The number of halogens is 2. The van der Waals surface area contributed by atoms with Crippen molar-refractivity contribution < 1.29 is 23.4 Å². The zero-order chi connectivity index (χ0) is 29.0. The van der Waals surface area contributed by atoms with E-state index in [0.717, 1.165) is 17.3 Å². The van der Waals surface area contributed by atoms with Gasteiger partial charge >= 0.3 is 0 Å². The van der Waals surface area contributed by atoms with Crippen molar-refractivity contribution in [1.82, 2.24) is 14.9 Å². The molecule has 2 aromatic carbocycles.